The molecule has 0 bridgehead atoms. The van der Waals surface area contributed by atoms with Crippen molar-refractivity contribution in [1.82, 2.24) is 5.32 Å². The summed E-state index contributed by atoms with van der Waals surface area (Å²) in [6.07, 6.45) is 0. The topological polar surface area (TPSA) is 42.9 Å². The maximum Gasteiger partial charge on any atom is 0.129 e. The number of halogens is 2. The summed E-state index contributed by atoms with van der Waals surface area (Å²) in [5, 5.41) is 4.97. The molecule has 1 aliphatic heterocycles. The molecule has 0 amide bonds. The molecule has 1 aliphatic rings. The van der Waals surface area contributed by atoms with Crippen LogP contribution in [0.2, 0.25) is 10.0 Å². The van der Waals surface area contributed by atoms with Gasteiger partial charge in [0.15, 0.2) is 0 Å². The molecule has 2 unspecified atom stereocenters. The van der Waals surface area contributed by atoms with Crippen LogP contribution in [0.3, 0.4) is 0 Å². The summed E-state index contributed by atoms with van der Waals surface area (Å²) in [6.45, 7) is 0. The average molecular weight is 427 g/mol. The molecular formula is C23H20Cl2N2O2. The largest absolute Gasteiger partial charge is 0.497 e. The predicted octanol–water partition coefficient (Wildman–Crippen LogP) is 5.84. The van der Waals surface area contributed by atoms with Crippen LogP contribution in [0.4, 0.5) is 0 Å². The molecule has 0 spiro atoms. The van der Waals surface area contributed by atoms with E-state index in [2.05, 4.69) is 5.32 Å². The Morgan fingerprint density at radius 2 is 1.28 bits per heavy atom. The first-order valence-corrected chi connectivity index (χ1v) is 9.91. The van der Waals surface area contributed by atoms with Gasteiger partial charge in [0.05, 0.1) is 20.3 Å². The molecule has 2 atom stereocenters. The monoisotopic (exact) mass is 426 g/mol. The van der Waals surface area contributed by atoms with E-state index in [1.54, 1.807) is 14.2 Å². The molecule has 29 heavy (non-hydrogen) atoms. The van der Waals surface area contributed by atoms with Gasteiger partial charge in [-0.05, 0) is 47.5 Å². The molecule has 6 heteroatoms. The summed E-state index contributed by atoms with van der Waals surface area (Å²) >= 11 is 12.2. The predicted molar refractivity (Wildman–Crippen MR) is 118 cm³/mol. The van der Waals surface area contributed by atoms with Crippen LogP contribution < -0.4 is 14.8 Å². The second-order valence-corrected chi connectivity index (χ2v) is 7.62. The van der Waals surface area contributed by atoms with E-state index in [0.717, 1.165) is 22.5 Å². The van der Waals surface area contributed by atoms with Crippen LogP contribution in [-0.2, 0) is 0 Å². The minimum atomic E-state index is -0.111. The smallest absolute Gasteiger partial charge is 0.129 e. The van der Waals surface area contributed by atoms with Gasteiger partial charge in [0.25, 0.3) is 0 Å². The first kappa shape index (κ1) is 19.6. The SMILES string of the molecule is COc1cc(OC)cc(C2=NC(c3ccc(Cl)cc3)C(c3ccc(Cl)cc3)N2)c1. The highest BCUT2D eigenvalue weighted by atomic mass is 35.5. The molecule has 0 saturated heterocycles. The van der Waals surface area contributed by atoms with Crippen LogP contribution in [0.5, 0.6) is 11.5 Å². The molecule has 148 valence electrons. The molecule has 3 aromatic carbocycles. The van der Waals surface area contributed by atoms with Crippen molar-refractivity contribution in [2.24, 2.45) is 4.99 Å². The van der Waals surface area contributed by atoms with Gasteiger partial charge in [0.1, 0.15) is 23.4 Å². The van der Waals surface area contributed by atoms with E-state index in [9.17, 15) is 0 Å². The number of ether oxygens (including phenoxy) is 2. The number of rotatable bonds is 5. The highest BCUT2D eigenvalue weighted by molar-refractivity contribution is 6.30. The first-order chi connectivity index (χ1) is 14.1. The van der Waals surface area contributed by atoms with Crippen LogP contribution >= 0.6 is 23.2 Å². The number of nitrogens with zero attached hydrogens (tertiary/aromatic N) is 1. The van der Waals surface area contributed by atoms with Crippen molar-refractivity contribution in [3.8, 4) is 11.5 Å². The first-order valence-electron chi connectivity index (χ1n) is 9.16. The number of methoxy groups -OCH3 is 2. The van der Waals surface area contributed by atoms with Crippen LogP contribution in [0.1, 0.15) is 28.8 Å². The van der Waals surface area contributed by atoms with Crippen molar-refractivity contribution in [3.05, 3.63) is 93.5 Å². The number of amidine groups is 1. The fourth-order valence-electron chi connectivity index (χ4n) is 3.44. The Labute approximate surface area is 180 Å². The van der Waals surface area contributed by atoms with Gasteiger partial charge in [0, 0.05) is 21.7 Å². The summed E-state index contributed by atoms with van der Waals surface area (Å²) in [5.41, 5.74) is 3.08. The summed E-state index contributed by atoms with van der Waals surface area (Å²) in [5.74, 6) is 2.20. The second kappa shape index (κ2) is 8.36. The van der Waals surface area contributed by atoms with E-state index in [4.69, 9.17) is 37.7 Å². The third-order valence-corrected chi connectivity index (χ3v) is 5.45. The summed E-state index contributed by atoms with van der Waals surface area (Å²) in [6, 6.07) is 21.2. The fraction of sp³-hybridized carbons (Fsp3) is 0.174. The summed E-state index contributed by atoms with van der Waals surface area (Å²) < 4.78 is 10.8. The molecule has 1 N–H and O–H groups in total. The van der Waals surface area contributed by atoms with Gasteiger partial charge >= 0.3 is 0 Å². The van der Waals surface area contributed by atoms with Gasteiger partial charge in [-0.1, -0.05) is 47.5 Å². The Hall–Kier alpha value is -2.69. The summed E-state index contributed by atoms with van der Waals surface area (Å²) in [7, 11) is 3.27. The molecular weight excluding hydrogens is 407 g/mol. The number of nitrogens with one attached hydrogen (secondary N) is 1. The molecule has 0 fully saturated rings. The van der Waals surface area contributed by atoms with E-state index >= 15 is 0 Å². The third-order valence-electron chi connectivity index (χ3n) is 4.94. The number of benzene rings is 3. The van der Waals surface area contributed by atoms with Crippen molar-refractivity contribution in [2.45, 2.75) is 12.1 Å². The number of aliphatic imine (C=N–C) groups is 1. The maximum absolute atomic E-state index is 6.09. The Balaban J connectivity index is 1.76. The maximum atomic E-state index is 6.09. The molecule has 0 aliphatic carbocycles. The van der Waals surface area contributed by atoms with Gasteiger partial charge in [-0.25, -0.2) is 0 Å². The van der Waals surface area contributed by atoms with Gasteiger partial charge in [-0.3, -0.25) is 4.99 Å². The lowest BCUT2D eigenvalue weighted by Gasteiger charge is -2.20. The Morgan fingerprint density at radius 1 is 0.759 bits per heavy atom. The zero-order valence-corrected chi connectivity index (χ0v) is 17.5. The Kier molecular flexibility index (Phi) is 5.65. The number of hydrogen-bond donors (Lipinski definition) is 1. The average Bonchev–Trinajstić information content (AvgIpc) is 3.20. The fourth-order valence-corrected chi connectivity index (χ4v) is 3.69. The lowest BCUT2D eigenvalue weighted by Crippen LogP contribution is -2.25. The van der Waals surface area contributed by atoms with Gasteiger partial charge in [0.2, 0.25) is 0 Å². The molecule has 0 saturated carbocycles. The van der Waals surface area contributed by atoms with Crippen molar-refractivity contribution in [1.29, 1.82) is 0 Å². The molecule has 0 radical (unpaired) electrons. The van der Waals surface area contributed by atoms with Crippen molar-refractivity contribution < 1.29 is 9.47 Å². The Bertz CT molecular complexity index is 1010. The van der Waals surface area contributed by atoms with Gasteiger partial charge in [-0.2, -0.15) is 0 Å². The van der Waals surface area contributed by atoms with Crippen molar-refractivity contribution in [2.75, 3.05) is 14.2 Å². The zero-order chi connectivity index (χ0) is 20.4. The van der Waals surface area contributed by atoms with E-state index in [1.165, 1.54) is 0 Å². The minimum Gasteiger partial charge on any atom is -0.497 e. The van der Waals surface area contributed by atoms with Crippen LogP contribution in [0, 0.1) is 0 Å². The lowest BCUT2D eigenvalue weighted by atomic mass is 9.95. The van der Waals surface area contributed by atoms with Crippen molar-refractivity contribution in [3.63, 3.8) is 0 Å². The number of hydrogen-bond acceptors (Lipinski definition) is 4. The van der Waals surface area contributed by atoms with E-state index in [0.29, 0.717) is 21.5 Å². The van der Waals surface area contributed by atoms with Gasteiger partial charge < -0.3 is 14.8 Å². The van der Waals surface area contributed by atoms with E-state index in [1.807, 2.05) is 66.7 Å². The molecule has 3 aromatic rings. The highest BCUT2D eigenvalue weighted by Gasteiger charge is 2.32. The van der Waals surface area contributed by atoms with Crippen LogP contribution in [-0.4, -0.2) is 20.1 Å². The van der Waals surface area contributed by atoms with Crippen LogP contribution in [0.25, 0.3) is 0 Å². The molecule has 4 nitrogen and oxygen atoms in total. The third kappa shape index (κ3) is 4.19. The summed E-state index contributed by atoms with van der Waals surface area (Å²) in [4.78, 5) is 5.01. The molecule has 0 aromatic heterocycles. The zero-order valence-electron chi connectivity index (χ0n) is 16.0. The van der Waals surface area contributed by atoms with Gasteiger partial charge in [-0.15, -0.1) is 0 Å². The molecule has 4 rings (SSSR count). The van der Waals surface area contributed by atoms with E-state index in [-0.39, 0.29) is 12.1 Å². The Morgan fingerprint density at radius 3 is 1.79 bits per heavy atom. The normalized spacial score (nSPS) is 18.1. The van der Waals surface area contributed by atoms with E-state index < -0.39 is 0 Å². The molecule has 1 heterocycles. The lowest BCUT2D eigenvalue weighted by molar-refractivity contribution is 0.394. The quantitative estimate of drug-likeness (QED) is 0.556. The second-order valence-electron chi connectivity index (χ2n) is 6.75. The van der Waals surface area contributed by atoms with Crippen LogP contribution in [0.15, 0.2) is 71.7 Å². The minimum absolute atomic E-state index is 0.0411. The van der Waals surface area contributed by atoms with Crippen molar-refractivity contribution >= 4 is 29.0 Å². The highest BCUT2D eigenvalue weighted by Crippen LogP contribution is 2.38. The standard InChI is InChI=1S/C23H20Cl2N2O2/c1-28-19-11-16(12-20(13-19)29-2)23-26-21(14-3-7-17(24)8-4-14)22(27-23)15-5-9-18(25)10-6-15/h3-13,21-22H,1-2H3,(H,26,27).